The Bertz CT molecular complexity index is 770. The maximum atomic E-state index is 12.3. The van der Waals surface area contributed by atoms with Crippen LogP contribution in [0.15, 0.2) is 48.4 Å². The van der Waals surface area contributed by atoms with Gasteiger partial charge in [0.1, 0.15) is 0 Å². The number of thiazole rings is 1. The Hall–Kier alpha value is -2.74. The standard InChI is InChI=1S/C16H18N6OS/c1-12(15-17-7-9-24-15)11-21(2)16(23)20-13-4-5-14(18-10-13)22-8-3-6-19-22/h3-10,12H,11H2,1-2H3,(H,20,23)/t12-/m0/s1. The lowest BCUT2D eigenvalue weighted by Crippen LogP contribution is -2.34. The van der Waals surface area contributed by atoms with E-state index < -0.39 is 0 Å². The molecule has 0 saturated carbocycles. The Morgan fingerprint density at radius 1 is 1.38 bits per heavy atom. The van der Waals surface area contributed by atoms with Crippen molar-refractivity contribution in [3.8, 4) is 5.82 Å². The van der Waals surface area contributed by atoms with Crippen LogP contribution in [0.4, 0.5) is 10.5 Å². The molecular formula is C16H18N6OS. The second-order valence-corrected chi connectivity index (χ2v) is 6.36. The van der Waals surface area contributed by atoms with Crippen molar-refractivity contribution in [3.63, 3.8) is 0 Å². The summed E-state index contributed by atoms with van der Waals surface area (Å²) >= 11 is 1.60. The molecule has 0 aliphatic carbocycles. The zero-order valence-corrected chi connectivity index (χ0v) is 14.3. The normalized spacial score (nSPS) is 11.9. The van der Waals surface area contributed by atoms with E-state index in [0.717, 1.165) is 5.01 Å². The van der Waals surface area contributed by atoms with Gasteiger partial charge in [0.2, 0.25) is 0 Å². The summed E-state index contributed by atoms with van der Waals surface area (Å²) in [5, 5.41) is 9.93. The number of nitrogens with zero attached hydrogens (tertiary/aromatic N) is 5. The van der Waals surface area contributed by atoms with Crippen LogP contribution in [0.3, 0.4) is 0 Å². The number of anilines is 1. The molecule has 124 valence electrons. The predicted molar refractivity (Wildman–Crippen MR) is 93.5 cm³/mol. The first kappa shape index (κ1) is 16.1. The number of amides is 2. The average molecular weight is 342 g/mol. The van der Waals surface area contributed by atoms with Gasteiger partial charge in [-0.3, -0.25) is 0 Å². The van der Waals surface area contributed by atoms with Crippen LogP contribution in [-0.2, 0) is 0 Å². The van der Waals surface area contributed by atoms with E-state index in [0.29, 0.717) is 18.1 Å². The molecule has 3 rings (SSSR count). The lowest BCUT2D eigenvalue weighted by Gasteiger charge is -2.21. The monoisotopic (exact) mass is 342 g/mol. The Kier molecular flexibility index (Phi) is 4.85. The van der Waals surface area contributed by atoms with Crippen LogP contribution in [0, 0.1) is 0 Å². The molecule has 24 heavy (non-hydrogen) atoms. The number of hydrogen-bond donors (Lipinski definition) is 1. The van der Waals surface area contributed by atoms with Crippen LogP contribution in [0.25, 0.3) is 5.82 Å². The zero-order valence-electron chi connectivity index (χ0n) is 13.5. The van der Waals surface area contributed by atoms with Crippen molar-refractivity contribution in [2.24, 2.45) is 0 Å². The molecule has 7 nitrogen and oxygen atoms in total. The predicted octanol–water partition coefficient (Wildman–Crippen LogP) is 2.99. The summed E-state index contributed by atoms with van der Waals surface area (Å²) in [6, 6.07) is 5.27. The molecular weight excluding hydrogens is 324 g/mol. The lowest BCUT2D eigenvalue weighted by atomic mass is 10.2. The van der Waals surface area contributed by atoms with Gasteiger partial charge in [0, 0.05) is 43.5 Å². The topological polar surface area (TPSA) is 75.9 Å². The van der Waals surface area contributed by atoms with Crippen molar-refractivity contribution in [2.45, 2.75) is 12.8 Å². The quantitative estimate of drug-likeness (QED) is 0.773. The molecule has 0 radical (unpaired) electrons. The number of nitrogens with one attached hydrogen (secondary N) is 1. The van der Waals surface area contributed by atoms with Crippen LogP contribution in [0.2, 0.25) is 0 Å². The van der Waals surface area contributed by atoms with Gasteiger partial charge < -0.3 is 10.2 Å². The van der Waals surface area contributed by atoms with E-state index in [2.05, 4.69) is 27.3 Å². The minimum Gasteiger partial charge on any atom is -0.327 e. The van der Waals surface area contributed by atoms with Crippen molar-refractivity contribution in [2.75, 3.05) is 18.9 Å². The fourth-order valence-electron chi connectivity index (χ4n) is 2.27. The van der Waals surface area contributed by atoms with Gasteiger partial charge in [0.05, 0.1) is 16.9 Å². The van der Waals surface area contributed by atoms with Crippen molar-refractivity contribution < 1.29 is 4.79 Å². The molecule has 1 atom stereocenters. The van der Waals surface area contributed by atoms with Crippen LogP contribution in [0.1, 0.15) is 17.8 Å². The zero-order chi connectivity index (χ0) is 16.9. The highest BCUT2D eigenvalue weighted by molar-refractivity contribution is 7.09. The molecule has 0 spiro atoms. The third-order valence-electron chi connectivity index (χ3n) is 3.51. The smallest absolute Gasteiger partial charge is 0.321 e. The molecule has 0 unspecified atom stereocenters. The molecule has 0 fully saturated rings. The number of aromatic nitrogens is 4. The van der Waals surface area contributed by atoms with E-state index in [9.17, 15) is 4.79 Å². The number of urea groups is 1. The number of carbonyl (C=O) groups is 1. The van der Waals surface area contributed by atoms with Gasteiger partial charge in [-0.2, -0.15) is 5.10 Å². The lowest BCUT2D eigenvalue weighted by molar-refractivity contribution is 0.220. The van der Waals surface area contributed by atoms with Gasteiger partial charge in [-0.1, -0.05) is 6.92 Å². The SMILES string of the molecule is C[C@@H](CN(C)C(=O)Nc1ccc(-n2cccn2)nc1)c1nccs1. The average Bonchev–Trinajstić information content (AvgIpc) is 3.29. The van der Waals surface area contributed by atoms with Crippen molar-refractivity contribution in [1.82, 2.24) is 24.6 Å². The highest BCUT2D eigenvalue weighted by Crippen LogP contribution is 2.18. The van der Waals surface area contributed by atoms with E-state index in [1.54, 1.807) is 58.7 Å². The Labute approximate surface area is 144 Å². The molecule has 0 saturated heterocycles. The first-order valence-electron chi connectivity index (χ1n) is 7.51. The summed E-state index contributed by atoms with van der Waals surface area (Å²) in [4.78, 5) is 22.5. The van der Waals surface area contributed by atoms with Gasteiger partial charge >= 0.3 is 6.03 Å². The maximum absolute atomic E-state index is 12.3. The van der Waals surface area contributed by atoms with Crippen molar-refractivity contribution >= 4 is 23.1 Å². The molecule has 0 aliphatic heterocycles. The Morgan fingerprint density at radius 2 is 2.25 bits per heavy atom. The van der Waals surface area contributed by atoms with E-state index in [-0.39, 0.29) is 11.9 Å². The van der Waals surface area contributed by atoms with Crippen LogP contribution in [0.5, 0.6) is 0 Å². The summed E-state index contributed by atoms with van der Waals surface area (Å²) in [5.41, 5.74) is 0.643. The minimum atomic E-state index is -0.174. The number of pyridine rings is 1. The Morgan fingerprint density at radius 3 is 2.88 bits per heavy atom. The molecule has 0 aliphatic rings. The minimum absolute atomic E-state index is 0.174. The summed E-state index contributed by atoms with van der Waals surface area (Å²) in [6.45, 7) is 2.65. The molecule has 8 heteroatoms. The van der Waals surface area contributed by atoms with Gasteiger partial charge in [-0.25, -0.2) is 19.4 Å². The highest BCUT2D eigenvalue weighted by atomic mass is 32.1. The third kappa shape index (κ3) is 3.77. The molecule has 3 aromatic heterocycles. The van der Waals surface area contributed by atoms with E-state index in [1.165, 1.54) is 0 Å². The third-order valence-corrected chi connectivity index (χ3v) is 4.51. The second-order valence-electron chi connectivity index (χ2n) is 5.44. The van der Waals surface area contributed by atoms with Gasteiger partial charge in [0.25, 0.3) is 0 Å². The molecule has 2 amide bonds. The summed E-state index contributed by atoms with van der Waals surface area (Å²) in [5.74, 6) is 0.893. The fraction of sp³-hybridized carbons (Fsp3) is 0.250. The van der Waals surface area contributed by atoms with Crippen LogP contribution < -0.4 is 5.32 Å². The first-order valence-corrected chi connectivity index (χ1v) is 8.39. The van der Waals surface area contributed by atoms with E-state index in [4.69, 9.17) is 0 Å². The molecule has 0 aromatic carbocycles. The molecule has 1 N–H and O–H groups in total. The van der Waals surface area contributed by atoms with E-state index >= 15 is 0 Å². The van der Waals surface area contributed by atoms with Gasteiger partial charge in [0.15, 0.2) is 5.82 Å². The van der Waals surface area contributed by atoms with E-state index in [1.807, 2.05) is 17.6 Å². The summed E-state index contributed by atoms with van der Waals surface area (Å²) in [6.07, 6.45) is 6.90. The maximum Gasteiger partial charge on any atom is 0.321 e. The summed E-state index contributed by atoms with van der Waals surface area (Å²) in [7, 11) is 1.77. The second kappa shape index (κ2) is 7.22. The number of hydrogen-bond acceptors (Lipinski definition) is 5. The van der Waals surface area contributed by atoms with Crippen molar-refractivity contribution in [3.05, 3.63) is 53.4 Å². The molecule has 3 aromatic rings. The van der Waals surface area contributed by atoms with Crippen molar-refractivity contribution in [1.29, 1.82) is 0 Å². The van der Waals surface area contributed by atoms with Gasteiger partial charge in [-0.15, -0.1) is 11.3 Å². The largest absolute Gasteiger partial charge is 0.327 e. The molecule has 0 bridgehead atoms. The fourth-order valence-corrected chi connectivity index (χ4v) is 2.96. The summed E-state index contributed by atoms with van der Waals surface area (Å²) < 4.78 is 1.66. The molecule has 3 heterocycles. The van der Waals surface area contributed by atoms with Crippen LogP contribution in [-0.4, -0.2) is 44.3 Å². The number of carbonyl (C=O) groups excluding carboxylic acids is 1. The van der Waals surface area contributed by atoms with Gasteiger partial charge in [-0.05, 0) is 18.2 Å². The Balaban J connectivity index is 1.58. The highest BCUT2D eigenvalue weighted by Gasteiger charge is 2.15. The number of likely N-dealkylation sites (N-methyl/N-ethyl adjacent to an activating group) is 1. The van der Waals surface area contributed by atoms with Crippen LogP contribution >= 0.6 is 11.3 Å². The number of rotatable bonds is 5. The first-order chi connectivity index (χ1) is 11.6.